The van der Waals surface area contributed by atoms with Crippen LogP contribution in [-0.4, -0.2) is 61.4 Å². The van der Waals surface area contributed by atoms with Gasteiger partial charge in [-0.05, 0) is 83.8 Å². The molecule has 0 aromatic rings. The summed E-state index contributed by atoms with van der Waals surface area (Å²) in [5.74, 6) is 0.267. The molecule has 48 heavy (non-hydrogen) atoms. The van der Waals surface area contributed by atoms with Crippen molar-refractivity contribution in [3.05, 3.63) is 0 Å². The van der Waals surface area contributed by atoms with Crippen molar-refractivity contribution in [3.8, 4) is 0 Å². The summed E-state index contributed by atoms with van der Waals surface area (Å²) in [5, 5.41) is 9.24. The van der Waals surface area contributed by atoms with Gasteiger partial charge in [0.05, 0.1) is 25.0 Å². The molecule has 6 nitrogen and oxygen atoms in total. The molecule has 0 aromatic heterocycles. The van der Waals surface area contributed by atoms with Crippen molar-refractivity contribution in [2.75, 3.05) is 39.5 Å². The molecule has 286 valence electrons. The largest absolute Gasteiger partial charge is 0.465 e. The smallest absolute Gasteiger partial charge is 0.308 e. The van der Waals surface area contributed by atoms with Gasteiger partial charge >= 0.3 is 11.9 Å². The molecule has 2 atom stereocenters. The molecule has 0 aliphatic carbocycles. The van der Waals surface area contributed by atoms with E-state index in [4.69, 9.17) is 9.47 Å². The lowest BCUT2D eigenvalue weighted by Crippen LogP contribution is -2.27. The van der Waals surface area contributed by atoms with Gasteiger partial charge in [-0.1, -0.05) is 143 Å². The maximum absolute atomic E-state index is 12.6. The van der Waals surface area contributed by atoms with Crippen molar-refractivity contribution in [1.29, 1.82) is 0 Å². The van der Waals surface area contributed by atoms with Crippen LogP contribution in [0.25, 0.3) is 0 Å². The molecular weight excluding hydrogens is 598 g/mol. The summed E-state index contributed by atoms with van der Waals surface area (Å²) in [7, 11) is 0. The fourth-order valence-electron chi connectivity index (χ4n) is 6.59. The van der Waals surface area contributed by atoms with Crippen LogP contribution in [-0.2, 0) is 19.1 Å². The van der Waals surface area contributed by atoms with Gasteiger partial charge in [0, 0.05) is 6.61 Å². The maximum atomic E-state index is 12.6. The summed E-state index contributed by atoms with van der Waals surface area (Å²) in [4.78, 5) is 27.5. The van der Waals surface area contributed by atoms with Gasteiger partial charge in [-0.25, -0.2) is 0 Å². The number of aliphatic hydroxyl groups excluding tert-OH is 1. The van der Waals surface area contributed by atoms with E-state index in [-0.39, 0.29) is 23.8 Å². The van der Waals surface area contributed by atoms with Crippen LogP contribution in [0.3, 0.4) is 0 Å². The lowest BCUT2D eigenvalue weighted by Gasteiger charge is -2.22. The van der Waals surface area contributed by atoms with Crippen LogP contribution in [0, 0.1) is 11.8 Å². The minimum absolute atomic E-state index is 0.0138. The molecule has 0 fully saturated rings. The first-order valence-electron chi connectivity index (χ1n) is 21.2. The number of aliphatic hydroxyl groups is 1. The minimum atomic E-state index is 0.0138. The zero-order valence-corrected chi connectivity index (χ0v) is 32.7. The van der Waals surface area contributed by atoms with Gasteiger partial charge in [-0.3, -0.25) is 9.59 Å². The van der Waals surface area contributed by atoms with Gasteiger partial charge in [0.25, 0.3) is 0 Å². The maximum Gasteiger partial charge on any atom is 0.308 e. The average Bonchev–Trinajstić information content (AvgIpc) is 3.09. The SMILES string of the molecule is CCCCCCC(CCCC)C(=O)OCCCCCCCCCN(CCCCO)CCCCCCCCCOC(=O)C(CC)CCCC. The molecule has 0 saturated heterocycles. The summed E-state index contributed by atoms with van der Waals surface area (Å²) in [6, 6.07) is 0. The Morgan fingerprint density at radius 3 is 1.29 bits per heavy atom. The molecule has 0 amide bonds. The Morgan fingerprint density at radius 1 is 0.458 bits per heavy atom. The third-order valence-corrected chi connectivity index (χ3v) is 9.99. The van der Waals surface area contributed by atoms with Gasteiger partial charge < -0.3 is 19.5 Å². The Kier molecular flexibility index (Phi) is 36.2. The van der Waals surface area contributed by atoms with Gasteiger partial charge in [-0.2, -0.15) is 0 Å². The fraction of sp³-hybridized carbons (Fsp3) is 0.952. The Hall–Kier alpha value is -1.14. The first-order chi connectivity index (χ1) is 23.5. The number of carbonyl (C=O) groups is 2. The molecule has 1 N–H and O–H groups in total. The molecule has 0 bridgehead atoms. The Morgan fingerprint density at radius 2 is 0.833 bits per heavy atom. The van der Waals surface area contributed by atoms with Crippen molar-refractivity contribution in [1.82, 2.24) is 4.90 Å². The van der Waals surface area contributed by atoms with Gasteiger partial charge in [0.2, 0.25) is 0 Å². The lowest BCUT2D eigenvalue weighted by molar-refractivity contribution is -0.150. The van der Waals surface area contributed by atoms with Crippen LogP contribution in [0.15, 0.2) is 0 Å². The first kappa shape index (κ1) is 46.9. The third kappa shape index (κ3) is 29.7. The van der Waals surface area contributed by atoms with Crippen LogP contribution in [0.5, 0.6) is 0 Å². The molecule has 0 aliphatic heterocycles. The lowest BCUT2D eigenvalue weighted by atomic mass is 9.95. The number of esters is 2. The van der Waals surface area contributed by atoms with Crippen molar-refractivity contribution in [2.24, 2.45) is 11.8 Å². The summed E-state index contributed by atoms with van der Waals surface area (Å²) in [5.41, 5.74) is 0. The minimum Gasteiger partial charge on any atom is -0.465 e. The van der Waals surface area contributed by atoms with Crippen molar-refractivity contribution in [2.45, 2.75) is 207 Å². The van der Waals surface area contributed by atoms with E-state index in [0.29, 0.717) is 19.8 Å². The molecule has 0 spiro atoms. The van der Waals surface area contributed by atoms with Crippen LogP contribution in [0.1, 0.15) is 207 Å². The van der Waals surface area contributed by atoms with E-state index in [1.165, 1.54) is 96.6 Å². The highest BCUT2D eigenvalue weighted by molar-refractivity contribution is 5.72. The molecule has 2 unspecified atom stereocenters. The first-order valence-corrected chi connectivity index (χ1v) is 21.2. The number of hydrogen-bond donors (Lipinski definition) is 1. The monoisotopic (exact) mass is 682 g/mol. The van der Waals surface area contributed by atoms with Gasteiger partial charge in [0.15, 0.2) is 0 Å². The Labute approximate surface area is 299 Å². The van der Waals surface area contributed by atoms with E-state index in [0.717, 1.165) is 103 Å². The molecular formula is C42H83NO5. The van der Waals surface area contributed by atoms with E-state index >= 15 is 0 Å². The third-order valence-electron chi connectivity index (χ3n) is 9.99. The number of unbranched alkanes of at least 4 members (excludes halogenated alkanes) is 18. The zero-order chi connectivity index (χ0) is 35.3. The Balaban J connectivity index is 3.92. The second-order valence-electron chi connectivity index (χ2n) is 14.5. The summed E-state index contributed by atoms with van der Waals surface area (Å²) < 4.78 is 11.2. The molecule has 0 radical (unpaired) electrons. The predicted octanol–water partition coefficient (Wildman–Crippen LogP) is 11.6. The number of hydrogen-bond acceptors (Lipinski definition) is 6. The highest BCUT2D eigenvalue weighted by atomic mass is 16.5. The Bertz CT molecular complexity index is 687. The van der Waals surface area contributed by atoms with Crippen molar-refractivity contribution in [3.63, 3.8) is 0 Å². The number of carbonyl (C=O) groups excluding carboxylic acids is 2. The van der Waals surface area contributed by atoms with Gasteiger partial charge in [0.1, 0.15) is 0 Å². The second-order valence-corrected chi connectivity index (χ2v) is 14.5. The number of ether oxygens (including phenoxy) is 2. The molecule has 0 aromatic carbocycles. The van der Waals surface area contributed by atoms with E-state index < -0.39 is 0 Å². The molecule has 0 aliphatic rings. The highest BCUT2D eigenvalue weighted by Gasteiger charge is 2.19. The highest BCUT2D eigenvalue weighted by Crippen LogP contribution is 2.20. The molecule has 6 heteroatoms. The standard InChI is InChI=1S/C42H83NO5/c1-5-9-12-23-32-40(31-11-7-3)42(46)48-38-29-22-18-14-16-20-25-34-43(35-26-27-36-44)33-24-19-15-13-17-21-28-37-47-41(45)39(8-4)30-10-6-2/h39-40,44H,5-38H2,1-4H3. The molecule has 0 rings (SSSR count). The number of rotatable bonds is 38. The van der Waals surface area contributed by atoms with Gasteiger partial charge in [-0.15, -0.1) is 0 Å². The molecule has 0 heterocycles. The normalized spacial score (nSPS) is 12.8. The van der Waals surface area contributed by atoms with E-state index in [1.807, 2.05) is 0 Å². The summed E-state index contributed by atoms with van der Waals surface area (Å²) in [6.07, 6.45) is 32.2. The van der Waals surface area contributed by atoms with E-state index in [2.05, 4.69) is 32.6 Å². The van der Waals surface area contributed by atoms with Crippen LogP contribution < -0.4 is 0 Å². The van der Waals surface area contributed by atoms with Crippen LogP contribution in [0.4, 0.5) is 0 Å². The van der Waals surface area contributed by atoms with Crippen LogP contribution in [0.2, 0.25) is 0 Å². The number of nitrogens with zero attached hydrogens (tertiary/aromatic N) is 1. The predicted molar refractivity (Wildman–Crippen MR) is 204 cm³/mol. The van der Waals surface area contributed by atoms with E-state index in [1.54, 1.807) is 0 Å². The van der Waals surface area contributed by atoms with Crippen molar-refractivity contribution < 1.29 is 24.2 Å². The van der Waals surface area contributed by atoms with Crippen molar-refractivity contribution >= 4 is 11.9 Å². The second kappa shape index (κ2) is 37.1. The average molecular weight is 682 g/mol. The summed E-state index contributed by atoms with van der Waals surface area (Å²) in [6.45, 7) is 13.6. The van der Waals surface area contributed by atoms with E-state index in [9.17, 15) is 14.7 Å². The fourth-order valence-corrected chi connectivity index (χ4v) is 6.59. The van der Waals surface area contributed by atoms with Crippen LogP contribution >= 0.6 is 0 Å². The topological polar surface area (TPSA) is 76.1 Å². The zero-order valence-electron chi connectivity index (χ0n) is 32.7. The summed E-state index contributed by atoms with van der Waals surface area (Å²) >= 11 is 0. The molecule has 0 saturated carbocycles. The quantitative estimate of drug-likeness (QED) is 0.0516.